The molecule has 2 rings (SSSR count). The maximum atomic E-state index is 12.9. The Hall–Kier alpha value is -1.67. The third-order valence-electron chi connectivity index (χ3n) is 3.75. The van der Waals surface area contributed by atoms with Gasteiger partial charge in [0.15, 0.2) is 0 Å². The van der Waals surface area contributed by atoms with E-state index in [2.05, 4.69) is 38.1 Å². The van der Waals surface area contributed by atoms with Crippen LogP contribution >= 0.6 is 0 Å². The van der Waals surface area contributed by atoms with Gasteiger partial charge in [-0.2, -0.15) is 0 Å². The minimum absolute atomic E-state index is 0.195. The molecule has 0 spiro atoms. The Kier molecular flexibility index (Phi) is 4.91. The first-order valence-corrected chi connectivity index (χ1v) is 7.14. The maximum Gasteiger partial charge on any atom is 0.123 e. The van der Waals surface area contributed by atoms with E-state index < -0.39 is 0 Å². The number of benzene rings is 2. The van der Waals surface area contributed by atoms with E-state index in [-0.39, 0.29) is 11.7 Å². The van der Waals surface area contributed by atoms with E-state index in [0.29, 0.717) is 12.5 Å². The van der Waals surface area contributed by atoms with Gasteiger partial charge >= 0.3 is 0 Å². The zero-order chi connectivity index (χ0) is 14.5. The molecular weight excluding hydrogens is 249 g/mol. The zero-order valence-corrected chi connectivity index (χ0v) is 12.1. The van der Waals surface area contributed by atoms with Crippen molar-refractivity contribution in [1.82, 2.24) is 0 Å². The lowest BCUT2D eigenvalue weighted by Gasteiger charge is -2.16. The first-order chi connectivity index (χ1) is 9.60. The van der Waals surface area contributed by atoms with Crippen molar-refractivity contribution >= 4 is 0 Å². The van der Waals surface area contributed by atoms with Gasteiger partial charge in [-0.25, -0.2) is 4.39 Å². The van der Waals surface area contributed by atoms with Gasteiger partial charge in [0, 0.05) is 5.92 Å². The van der Waals surface area contributed by atoms with Crippen LogP contribution in [0.15, 0.2) is 48.5 Å². The van der Waals surface area contributed by atoms with Crippen LogP contribution in [0.2, 0.25) is 0 Å². The fourth-order valence-corrected chi connectivity index (χ4v) is 2.40. The van der Waals surface area contributed by atoms with Crippen molar-refractivity contribution in [2.45, 2.75) is 32.1 Å². The van der Waals surface area contributed by atoms with Gasteiger partial charge in [0.1, 0.15) is 5.82 Å². The second-order valence-corrected chi connectivity index (χ2v) is 5.58. The predicted molar refractivity (Wildman–Crippen MR) is 82.4 cm³/mol. The molecule has 0 radical (unpaired) electrons. The molecule has 1 atom stereocenters. The lowest BCUT2D eigenvalue weighted by molar-refractivity contribution is 0.625. The molecule has 0 saturated carbocycles. The Labute approximate surface area is 120 Å². The van der Waals surface area contributed by atoms with Gasteiger partial charge in [0.2, 0.25) is 0 Å². The number of rotatable bonds is 5. The van der Waals surface area contributed by atoms with Crippen molar-refractivity contribution in [2.75, 3.05) is 6.54 Å². The van der Waals surface area contributed by atoms with Crippen molar-refractivity contribution in [3.05, 3.63) is 71.0 Å². The van der Waals surface area contributed by atoms with Crippen molar-refractivity contribution in [3.63, 3.8) is 0 Å². The molecule has 2 aromatic carbocycles. The van der Waals surface area contributed by atoms with E-state index in [0.717, 1.165) is 12.0 Å². The summed E-state index contributed by atoms with van der Waals surface area (Å²) >= 11 is 0. The number of halogens is 1. The van der Waals surface area contributed by atoms with E-state index in [1.54, 1.807) is 0 Å². The van der Waals surface area contributed by atoms with E-state index in [1.807, 2.05) is 12.1 Å². The van der Waals surface area contributed by atoms with E-state index >= 15 is 0 Å². The van der Waals surface area contributed by atoms with Crippen LogP contribution < -0.4 is 5.73 Å². The molecule has 2 N–H and O–H groups in total. The summed E-state index contributed by atoms with van der Waals surface area (Å²) in [6.07, 6.45) is 0.845. The summed E-state index contributed by atoms with van der Waals surface area (Å²) in [5, 5.41) is 0. The fraction of sp³-hybridized carbons (Fsp3) is 0.333. The second-order valence-electron chi connectivity index (χ2n) is 5.58. The van der Waals surface area contributed by atoms with Gasteiger partial charge in [-0.1, -0.05) is 50.2 Å². The van der Waals surface area contributed by atoms with Gasteiger partial charge in [-0.05, 0) is 47.7 Å². The lowest BCUT2D eigenvalue weighted by Crippen LogP contribution is -2.15. The van der Waals surface area contributed by atoms with Gasteiger partial charge in [-0.15, -0.1) is 0 Å². The predicted octanol–water partition coefficient (Wildman–Crippen LogP) is 4.23. The summed E-state index contributed by atoms with van der Waals surface area (Å²) in [7, 11) is 0. The van der Waals surface area contributed by atoms with Crippen molar-refractivity contribution in [2.24, 2.45) is 5.73 Å². The smallest absolute Gasteiger partial charge is 0.123 e. The van der Waals surface area contributed by atoms with Crippen LogP contribution in [-0.2, 0) is 6.42 Å². The molecule has 2 heteroatoms. The van der Waals surface area contributed by atoms with Crippen LogP contribution in [0.25, 0.3) is 0 Å². The molecule has 0 bridgehead atoms. The molecule has 0 saturated heterocycles. The topological polar surface area (TPSA) is 26.0 Å². The number of hydrogen-bond donors (Lipinski definition) is 1. The summed E-state index contributed by atoms with van der Waals surface area (Å²) < 4.78 is 12.9. The quantitative estimate of drug-likeness (QED) is 0.865. The van der Waals surface area contributed by atoms with Crippen LogP contribution in [-0.4, -0.2) is 6.54 Å². The van der Waals surface area contributed by atoms with Gasteiger partial charge in [0.05, 0.1) is 0 Å². The van der Waals surface area contributed by atoms with E-state index in [1.165, 1.54) is 23.3 Å². The van der Waals surface area contributed by atoms with Crippen LogP contribution in [0.1, 0.15) is 42.4 Å². The molecule has 1 unspecified atom stereocenters. The maximum absolute atomic E-state index is 12.9. The highest BCUT2D eigenvalue weighted by molar-refractivity contribution is 5.29. The van der Waals surface area contributed by atoms with Crippen LogP contribution in [0, 0.1) is 5.82 Å². The highest BCUT2D eigenvalue weighted by Crippen LogP contribution is 2.23. The molecular formula is C18H22FN. The highest BCUT2D eigenvalue weighted by Gasteiger charge is 2.11. The Morgan fingerprint density at radius 3 is 1.95 bits per heavy atom. The van der Waals surface area contributed by atoms with E-state index in [4.69, 9.17) is 5.73 Å². The molecule has 2 aromatic rings. The standard InChI is InChI=1S/C18H22FN/c1-13(2)15-5-7-16(8-6-15)17(12-20)11-14-3-9-18(19)10-4-14/h3-10,13,17H,11-12,20H2,1-2H3. The normalized spacial score (nSPS) is 12.7. The average Bonchev–Trinajstić information content (AvgIpc) is 2.47. The third-order valence-corrected chi connectivity index (χ3v) is 3.75. The Morgan fingerprint density at radius 1 is 0.900 bits per heavy atom. The first kappa shape index (κ1) is 14.7. The largest absolute Gasteiger partial charge is 0.330 e. The third kappa shape index (κ3) is 3.67. The molecule has 0 aliphatic carbocycles. The summed E-state index contributed by atoms with van der Waals surface area (Å²) in [5.74, 6) is 0.624. The minimum Gasteiger partial charge on any atom is -0.330 e. The van der Waals surface area contributed by atoms with Gasteiger partial charge in [-0.3, -0.25) is 0 Å². The van der Waals surface area contributed by atoms with Crippen molar-refractivity contribution < 1.29 is 4.39 Å². The molecule has 0 fully saturated rings. The summed E-state index contributed by atoms with van der Waals surface area (Å²) in [5.41, 5.74) is 9.62. The molecule has 1 nitrogen and oxygen atoms in total. The number of hydrogen-bond acceptors (Lipinski definition) is 1. The summed E-state index contributed by atoms with van der Waals surface area (Å²) in [4.78, 5) is 0. The molecule has 106 valence electrons. The van der Waals surface area contributed by atoms with E-state index in [9.17, 15) is 4.39 Å². The number of nitrogens with two attached hydrogens (primary N) is 1. The summed E-state index contributed by atoms with van der Waals surface area (Å²) in [6.45, 7) is 4.97. The lowest BCUT2D eigenvalue weighted by atomic mass is 9.90. The molecule has 0 aromatic heterocycles. The Balaban J connectivity index is 2.13. The van der Waals surface area contributed by atoms with Gasteiger partial charge < -0.3 is 5.73 Å². The molecule has 0 aliphatic rings. The second kappa shape index (κ2) is 6.67. The van der Waals surface area contributed by atoms with Crippen LogP contribution in [0.5, 0.6) is 0 Å². The zero-order valence-electron chi connectivity index (χ0n) is 12.1. The molecule has 20 heavy (non-hydrogen) atoms. The monoisotopic (exact) mass is 271 g/mol. The SMILES string of the molecule is CC(C)c1ccc(C(CN)Cc2ccc(F)cc2)cc1. The fourth-order valence-electron chi connectivity index (χ4n) is 2.40. The highest BCUT2D eigenvalue weighted by atomic mass is 19.1. The Morgan fingerprint density at radius 2 is 1.45 bits per heavy atom. The Bertz CT molecular complexity index is 528. The van der Waals surface area contributed by atoms with Crippen LogP contribution in [0.4, 0.5) is 4.39 Å². The van der Waals surface area contributed by atoms with Crippen molar-refractivity contribution in [3.8, 4) is 0 Å². The van der Waals surface area contributed by atoms with Gasteiger partial charge in [0.25, 0.3) is 0 Å². The average molecular weight is 271 g/mol. The molecule has 0 heterocycles. The molecule has 0 amide bonds. The van der Waals surface area contributed by atoms with Crippen molar-refractivity contribution in [1.29, 1.82) is 0 Å². The molecule has 0 aliphatic heterocycles. The summed E-state index contributed by atoms with van der Waals surface area (Å²) in [6, 6.07) is 15.4. The first-order valence-electron chi connectivity index (χ1n) is 7.14. The minimum atomic E-state index is -0.195. The van der Waals surface area contributed by atoms with Crippen LogP contribution in [0.3, 0.4) is 0 Å².